The van der Waals surface area contributed by atoms with E-state index in [4.69, 9.17) is 0 Å². The molecule has 8 nitrogen and oxygen atoms in total. The molecule has 0 radical (unpaired) electrons. The third-order valence-corrected chi connectivity index (χ3v) is 5.46. The first kappa shape index (κ1) is 20.8. The average Bonchev–Trinajstić information content (AvgIpc) is 2.62. The molecule has 2 aromatic rings. The highest BCUT2D eigenvalue weighted by atomic mass is 32.2. The highest BCUT2D eigenvalue weighted by molar-refractivity contribution is 7.89. The Morgan fingerprint density at radius 1 is 1.15 bits per heavy atom. The zero-order valence-corrected chi connectivity index (χ0v) is 16.4. The van der Waals surface area contributed by atoms with Crippen LogP contribution in [0.1, 0.15) is 18.5 Å². The molecule has 2 N–H and O–H groups in total. The number of nitro groups is 1. The molecule has 0 bridgehead atoms. The second-order valence-electron chi connectivity index (χ2n) is 6.41. The smallest absolute Gasteiger partial charge is 0.293 e. The lowest BCUT2D eigenvalue weighted by Crippen LogP contribution is -2.31. The van der Waals surface area contributed by atoms with Crippen LogP contribution in [0, 0.1) is 10.1 Å². The van der Waals surface area contributed by atoms with E-state index < -0.39 is 14.9 Å². The van der Waals surface area contributed by atoms with Gasteiger partial charge in [0, 0.05) is 25.2 Å². The van der Waals surface area contributed by atoms with Gasteiger partial charge in [-0.1, -0.05) is 30.3 Å². The maximum absolute atomic E-state index is 12.4. The molecule has 0 spiro atoms. The minimum absolute atomic E-state index is 0.133. The summed E-state index contributed by atoms with van der Waals surface area (Å²) in [5, 5.41) is 14.5. The standard InChI is InChI=1S/C18H24N4O4S/c1-14(15-7-5-4-6-8-15)20-17-10-9-16(13-18(17)22(23)24)27(25,26)19-11-12-21(2)3/h4-10,13-14,19-20H,11-12H2,1-3H3. The quantitative estimate of drug-likeness (QED) is 0.502. The maximum Gasteiger partial charge on any atom is 0.293 e. The van der Waals surface area contributed by atoms with Gasteiger partial charge in [0.2, 0.25) is 10.0 Å². The van der Waals surface area contributed by atoms with Crippen molar-refractivity contribution in [2.24, 2.45) is 0 Å². The van der Waals surface area contributed by atoms with E-state index in [-0.39, 0.29) is 28.9 Å². The van der Waals surface area contributed by atoms with Crippen LogP contribution in [0.3, 0.4) is 0 Å². The molecule has 27 heavy (non-hydrogen) atoms. The van der Waals surface area contributed by atoms with E-state index in [1.807, 2.05) is 56.3 Å². The highest BCUT2D eigenvalue weighted by Gasteiger charge is 2.22. The number of nitrogens with one attached hydrogen (secondary N) is 2. The van der Waals surface area contributed by atoms with E-state index in [0.29, 0.717) is 6.54 Å². The zero-order chi connectivity index (χ0) is 20.0. The van der Waals surface area contributed by atoms with E-state index in [0.717, 1.165) is 11.6 Å². The summed E-state index contributed by atoms with van der Waals surface area (Å²) in [6.07, 6.45) is 0. The number of hydrogen-bond donors (Lipinski definition) is 2. The van der Waals surface area contributed by atoms with Gasteiger partial charge in [0.1, 0.15) is 5.69 Å². The van der Waals surface area contributed by atoms with E-state index in [1.165, 1.54) is 12.1 Å². The molecule has 0 saturated heterocycles. The van der Waals surface area contributed by atoms with Crippen molar-refractivity contribution >= 4 is 21.4 Å². The van der Waals surface area contributed by atoms with Crippen molar-refractivity contribution in [3.63, 3.8) is 0 Å². The minimum Gasteiger partial charge on any atom is -0.373 e. The Morgan fingerprint density at radius 2 is 1.81 bits per heavy atom. The number of benzene rings is 2. The lowest BCUT2D eigenvalue weighted by atomic mass is 10.1. The number of nitrogens with zero attached hydrogens (tertiary/aromatic N) is 2. The van der Waals surface area contributed by atoms with Crippen LogP contribution in [0.25, 0.3) is 0 Å². The van der Waals surface area contributed by atoms with Crippen LogP contribution in [-0.4, -0.2) is 45.4 Å². The van der Waals surface area contributed by atoms with Gasteiger partial charge >= 0.3 is 0 Å². The maximum atomic E-state index is 12.4. The largest absolute Gasteiger partial charge is 0.373 e. The van der Waals surface area contributed by atoms with Gasteiger partial charge in [-0.25, -0.2) is 13.1 Å². The summed E-state index contributed by atoms with van der Waals surface area (Å²) in [6.45, 7) is 2.62. The fraction of sp³-hybridized carbons (Fsp3) is 0.333. The normalized spacial score (nSPS) is 12.7. The van der Waals surface area contributed by atoms with Crippen LogP contribution in [0.5, 0.6) is 0 Å². The molecule has 1 atom stereocenters. The van der Waals surface area contributed by atoms with E-state index in [2.05, 4.69) is 10.0 Å². The summed E-state index contributed by atoms with van der Waals surface area (Å²) < 4.78 is 27.2. The molecule has 0 fully saturated rings. The lowest BCUT2D eigenvalue weighted by Gasteiger charge is -2.16. The number of anilines is 1. The first-order chi connectivity index (χ1) is 12.7. The van der Waals surface area contributed by atoms with Crippen molar-refractivity contribution in [3.05, 3.63) is 64.2 Å². The van der Waals surface area contributed by atoms with Gasteiger partial charge in [0.05, 0.1) is 9.82 Å². The van der Waals surface area contributed by atoms with Gasteiger partial charge in [-0.3, -0.25) is 10.1 Å². The Kier molecular flexibility index (Phi) is 6.89. The van der Waals surface area contributed by atoms with Crippen LogP contribution < -0.4 is 10.0 Å². The van der Waals surface area contributed by atoms with Crippen LogP contribution >= 0.6 is 0 Å². The summed E-state index contributed by atoms with van der Waals surface area (Å²) in [5.74, 6) is 0. The summed E-state index contributed by atoms with van der Waals surface area (Å²) in [6, 6.07) is 13.2. The number of nitro benzene ring substituents is 1. The molecule has 2 rings (SSSR count). The van der Waals surface area contributed by atoms with Crippen molar-refractivity contribution in [2.75, 3.05) is 32.5 Å². The van der Waals surface area contributed by atoms with Crippen LogP contribution in [0.2, 0.25) is 0 Å². The summed E-state index contributed by atoms with van der Waals surface area (Å²) in [7, 11) is -0.164. The van der Waals surface area contributed by atoms with Gasteiger partial charge in [0.15, 0.2) is 0 Å². The number of rotatable bonds is 9. The highest BCUT2D eigenvalue weighted by Crippen LogP contribution is 2.30. The van der Waals surface area contributed by atoms with E-state index in [1.54, 1.807) is 0 Å². The number of likely N-dealkylation sites (N-methyl/N-ethyl adjacent to an activating group) is 1. The molecule has 146 valence electrons. The average molecular weight is 392 g/mol. The predicted molar refractivity (Wildman–Crippen MR) is 105 cm³/mol. The summed E-state index contributed by atoms with van der Waals surface area (Å²) in [5.41, 5.74) is 0.950. The Bertz CT molecular complexity index is 885. The second kappa shape index (κ2) is 8.94. The molecular weight excluding hydrogens is 368 g/mol. The Hall–Kier alpha value is -2.49. The molecule has 0 amide bonds. The summed E-state index contributed by atoms with van der Waals surface area (Å²) in [4.78, 5) is 12.6. The SMILES string of the molecule is CC(Nc1ccc(S(=O)(=O)NCCN(C)C)cc1[N+](=O)[O-])c1ccccc1. The molecule has 0 aliphatic rings. The Labute approximate surface area is 159 Å². The molecule has 1 unspecified atom stereocenters. The van der Waals surface area contributed by atoms with E-state index >= 15 is 0 Å². The van der Waals surface area contributed by atoms with Crippen molar-refractivity contribution in [2.45, 2.75) is 17.9 Å². The molecule has 9 heteroatoms. The Balaban J connectivity index is 2.25. The third-order valence-electron chi connectivity index (χ3n) is 4.00. The molecule has 0 heterocycles. The topological polar surface area (TPSA) is 105 Å². The summed E-state index contributed by atoms with van der Waals surface area (Å²) >= 11 is 0. The fourth-order valence-electron chi connectivity index (χ4n) is 2.50. The second-order valence-corrected chi connectivity index (χ2v) is 8.18. The lowest BCUT2D eigenvalue weighted by molar-refractivity contribution is -0.384. The van der Waals surface area contributed by atoms with E-state index in [9.17, 15) is 18.5 Å². The van der Waals surface area contributed by atoms with Crippen molar-refractivity contribution in [3.8, 4) is 0 Å². The van der Waals surface area contributed by atoms with Gasteiger partial charge in [0.25, 0.3) is 5.69 Å². The van der Waals surface area contributed by atoms with Gasteiger partial charge < -0.3 is 10.2 Å². The molecular formula is C18H24N4O4S. The van der Waals surface area contributed by atoms with Crippen LogP contribution in [-0.2, 0) is 10.0 Å². The van der Waals surface area contributed by atoms with Crippen molar-refractivity contribution < 1.29 is 13.3 Å². The van der Waals surface area contributed by atoms with Crippen molar-refractivity contribution in [1.82, 2.24) is 9.62 Å². The zero-order valence-electron chi connectivity index (χ0n) is 15.5. The molecule has 2 aromatic carbocycles. The number of hydrogen-bond acceptors (Lipinski definition) is 6. The predicted octanol–water partition coefficient (Wildman–Crippen LogP) is 2.61. The third kappa shape index (κ3) is 5.75. The molecule has 0 aromatic heterocycles. The van der Waals surface area contributed by atoms with Crippen LogP contribution in [0.15, 0.2) is 53.4 Å². The molecule has 0 saturated carbocycles. The first-order valence-corrected chi connectivity index (χ1v) is 9.93. The van der Waals surface area contributed by atoms with Gasteiger partial charge in [-0.05, 0) is 38.7 Å². The fourth-order valence-corrected chi connectivity index (χ4v) is 3.54. The van der Waals surface area contributed by atoms with Gasteiger partial charge in [-0.15, -0.1) is 0 Å². The van der Waals surface area contributed by atoms with Crippen LogP contribution in [0.4, 0.5) is 11.4 Å². The number of sulfonamides is 1. The Morgan fingerprint density at radius 3 is 2.41 bits per heavy atom. The minimum atomic E-state index is -3.82. The first-order valence-electron chi connectivity index (χ1n) is 8.45. The molecule has 0 aliphatic carbocycles. The molecule has 0 aliphatic heterocycles. The monoisotopic (exact) mass is 392 g/mol. The van der Waals surface area contributed by atoms with Crippen molar-refractivity contribution in [1.29, 1.82) is 0 Å². The van der Waals surface area contributed by atoms with Gasteiger partial charge in [-0.2, -0.15) is 0 Å².